The number of aromatic carboxylic acids is 1. The molecule has 4 rings (SSSR count). The van der Waals surface area contributed by atoms with Gasteiger partial charge in [-0.25, -0.2) is 4.79 Å². The number of hydrogen-bond acceptors (Lipinski definition) is 5. The number of pyridine rings is 1. The first-order chi connectivity index (χ1) is 15.9. The Bertz CT molecular complexity index is 1130. The lowest BCUT2D eigenvalue weighted by Crippen LogP contribution is -2.21. The van der Waals surface area contributed by atoms with Crippen LogP contribution in [0.1, 0.15) is 40.5 Å². The van der Waals surface area contributed by atoms with Crippen molar-refractivity contribution >= 4 is 23.5 Å². The van der Waals surface area contributed by atoms with Crippen molar-refractivity contribution in [2.75, 3.05) is 13.1 Å². The number of rotatable bonds is 8. The van der Waals surface area contributed by atoms with Crippen LogP contribution in [-0.4, -0.2) is 50.0 Å². The summed E-state index contributed by atoms with van der Waals surface area (Å²) in [6.07, 6.45) is 6.78. The Labute approximate surface area is 197 Å². The van der Waals surface area contributed by atoms with Gasteiger partial charge in [-0.2, -0.15) is 5.10 Å². The van der Waals surface area contributed by atoms with E-state index >= 15 is 0 Å². The lowest BCUT2D eigenvalue weighted by Gasteiger charge is -2.14. The summed E-state index contributed by atoms with van der Waals surface area (Å²) < 4.78 is 1.65. The number of aryl methyl sites for hydroxylation is 2. The summed E-state index contributed by atoms with van der Waals surface area (Å²) in [6, 6.07) is 9.79. The molecule has 1 aliphatic rings. The fraction of sp³-hybridized carbons (Fsp3) is 0.333. The SMILES string of the molecule is CC(=O)O.O=C(O)c1c2c(nn1CCCNCCc1cccc(Cl)c1)-c1ccncc1CC2. The largest absolute Gasteiger partial charge is 0.481 e. The lowest BCUT2D eigenvalue weighted by atomic mass is 9.90. The Morgan fingerprint density at radius 1 is 1.18 bits per heavy atom. The van der Waals surface area contributed by atoms with Gasteiger partial charge < -0.3 is 15.5 Å². The molecule has 0 amide bonds. The molecule has 8 nitrogen and oxygen atoms in total. The van der Waals surface area contributed by atoms with E-state index in [0.29, 0.717) is 18.7 Å². The molecule has 3 aromatic rings. The molecule has 2 heterocycles. The summed E-state index contributed by atoms with van der Waals surface area (Å²) in [7, 11) is 0. The van der Waals surface area contributed by atoms with Gasteiger partial charge >= 0.3 is 5.97 Å². The topological polar surface area (TPSA) is 117 Å². The third kappa shape index (κ3) is 6.63. The molecule has 174 valence electrons. The minimum atomic E-state index is -0.912. The van der Waals surface area contributed by atoms with Gasteiger partial charge in [0.05, 0.1) is 5.69 Å². The third-order valence-corrected chi connectivity index (χ3v) is 5.49. The number of hydrogen-bond donors (Lipinski definition) is 3. The molecular weight excluding hydrogens is 444 g/mol. The first-order valence-corrected chi connectivity index (χ1v) is 11.2. The normalized spacial score (nSPS) is 11.7. The monoisotopic (exact) mass is 470 g/mol. The van der Waals surface area contributed by atoms with Crippen LogP contribution in [0.15, 0.2) is 42.7 Å². The first-order valence-electron chi connectivity index (χ1n) is 10.8. The summed E-state index contributed by atoms with van der Waals surface area (Å²) >= 11 is 6.01. The first kappa shape index (κ1) is 24.4. The second-order valence-electron chi connectivity index (χ2n) is 7.74. The standard InChI is InChI=1S/C22H23ClN4O2.C2H4O2/c23-17-4-1-3-15(13-17)7-10-24-9-2-12-27-21(22(28)29)19-6-5-16-14-25-11-8-18(16)20(19)26-27;1-2(3)4/h1,3-4,8,11,13-14,24H,2,5-7,9-10,12H2,(H,28,29);1H3,(H,3,4). The molecule has 0 saturated carbocycles. The molecule has 0 saturated heterocycles. The van der Waals surface area contributed by atoms with E-state index in [9.17, 15) is 9.90 Å². The highest BCUT2D eigenvalue weighted by Gasteiger charge is 2.27. The van der Waals surface area contributed by atoms with Crippen molar-refractivity contribution in [1.29, 1.82) is 0 Å². The van der Waals surface area contributed by atoms with Gasteiger partial charge in [-0.3, -0.25) is 14.5 Å². The average Bonchev–Trinajstić information content (AvgIpc) is 3.15. The molecule has 1 aliphatic carbocycles. The highest BCUT2D eigenvalue weighted by Crippen LogP contribution is 2.34. The van der Waals surface area contributed by atoms with Gasteiger partial charge in [-0.1, -0.05) is 23.7 Å². The Morgan fingerprint density at radius 2 is 1.97 bits per heavy atom. The summed E-state index contributed by atoms with van der Waals surface area (Å²) in [4.78, 5) is 25.1. The van der Waals surface area contributed by atoms with Crippen molar-refractivity contribution in [2.45, 2.75) is 39.2 Å². The average molecular weight is 471 g/mol. The summed E-state index contributed by atoms with van der Waals surface area (Å²) in [5.41, 5.74) is 5.28. The van der Waals surface area contributed by atoms with Crippen molar-refractivity contribution in [3.63, 3.8) is 0 Å². The maximum atomic E-state index is 11.9. The van der Waals surface area contributed by atoms with Crippen molar-refractivity contribution in [2.24, 2.45) is 0 Å². The smallest absolute Gasteiger partial charge is 0.354 e. The zero-order chi connectivity index (χ0) is 23.8. The number of aromatic nitrogens is 3. The fourth-order valence-electron chi connectivity index (χ4n) is 3.87. The number of carboxylic acids is 2. The van der Waals surface area contributed by atoms with Gasteiger partial charge in [0.25, 0.3) is 5.97 Å². The van der Waals surface area contributed by atoms with E-state index in [4.69, 9.17) is 21.5 Å². The zero-order valence-electron chi connectivity index (χ0n) is 18.4. The number of carboxylic acid groups (broad SMARTS) is 2. The number of benzene rings is 1. The van der Waals surface area contributed by atoms with Crippen LogP contribution >= 0.6 is 11.6 Å². The van der Waals surface area contributed by atoms with Crippen molar-refractivity contribution in [3.8, 4) is 11.3 Å². The predicted octanol–water partition coefficient (Wildman–Crippen LogP) is 3.71. The lowest BCUT2D eigenvalue weighted by molar-refractivity contribution is -0.134. The molecule has 3 N–H and O–H groups in total. The van der Waals surface area contributed by atoms with Gasteiger partial charge in [-0.05, 0) is 68.1 Å². The molecular formula is C24H27ClN4O4. The minimum absolute atomic E-state index is 0.321. The van der Waals surface area contributed by atoms with E-state index in [0.717, 1.165) is 66.7 Å². The second kappa shape index (κ2) is 11.6. The van der Waals surface area contributed by atoms with Crippen LogP contribution in [0.3, 0.4) is 0 Å². The van der Waals surface area contributed by atoms with E-state index in [1.54, 1.807) is 10.9 Å². The summed E-state index contributed by atoms with van der Waals surface area (Å²) in [5, 5.41) is 26.0. The van der Waals surface area contributed by atoms with E-state index in [1.807, 2.05) is 30.5 Å². The Hall–Kier alpha value is -3.23. The number of nitrogens with zero attached hydrogens (tertiary/aromatic N) is 3. The number of halogens is 1. The molecule has 1 aromatic carbocycles. The molecule has 0 spiro atoms. The highest BCUT2D eigenvalue weighted by molar-refractivity contribution is 6.30. The van der Waals surface area contributed by atoms with E-state index < -0.39 is 11.9 Å². The van der Waals surface area contributed by atoms with E-state index in [-0.39, 0.29) is 0 Å². The fourth-order valence-corrected chi connectivity index (χ4v) is 4.09. The van der Waals surface area contributed by atoms with Crippen molar-refractivity contribution in [1.82, 2.24) is 20.1 Å². The molecule has 9 heteroatoms. The van der Waals surface area contributed by atoms with Crippen LogP contribution in [-0.2, 0) is 30.6 Å². The molecule has 0 aliphatic heterocycles. The zero-order valence-corrected chi connectivity index (χ0v) is 19.2. The quantitative estimate of drug-likeness (QED) is 0.429. The van der Waals surface area contributed by atoms with E-state index in [2.05, 4.69) is 21.5 Å². The molecule has 0 unspecified atom stereocenters. The number of nitrogens with one attached hydrogen (secondary N) is 1. The molecule has 2 aromatic heterocycles. The Kier molecular flexibility index (Phi) is 8.57. The summed E-state index contributed by atoms with van der Waals surface area (Å²) in [5.74, 6) is -1.75. The van der Waals surface area contributed by atoms with Gasteiger partial charge in [0.2, 0.25) is 0 Å². The number of aliphatic carboxylic acids is 1. The van der Waals surface area contributed by atoms with Crippen LogP contribution in [0.2, 0.25) is 5.02 Å². The maximum absolute atomic E-state index is 11.9. The third-order valence-electron chi connectivity index (χ3n) is 5.26. The molecule has 0 bridgehead atoms. The predicted molar refractivity (Wildman–Crippen MR) is 126 cm³/mol. The van der Waals surface area contributed by atoms with Crippen molar-refractivity contribution < 1.29 is 19.8 Å². The minimum Gasteiger partial charge on any atom is -0.481 e. The molecule has 0 fully saturated rings. The number of carbonyl (C=O) groups is 2. The molecule has 0 atom stereocenters. The van der Waals surface area contributed by atoms with Crippen LogP contribution in [0, 0.1) is 0 Å². The molecule has 0 radical (unpaired) electrons. The maximum Gasteiger partial charge on any atom is 0.354 e. The Morgan fingerprint density at radius 3 is 2.70 bits per heavy atom. The van der Waals surface area contributed by atoms with Crippen molar-refractivity contribution in [3.05, 3.63) is 70.1 Å². The highest BCUT2D eigenvalue weighted by atomic mass is 35.5. The van der Waals surface area contributed by atoms with Gasteiger partial charge in [0.1, 0.15) is 5.69 Å². The van der Waals surface area contributed by atoms with Gasteiger partial charge in [-0.15, -0.1) is 0 Å². The molecule has 33 heavy (non-hydrogen) atoms. The summed E-state index contributed by atoms with van der Waals surface area (Å²) in [6.45, 7) is 3.30. The van der Waals surface area contributed by atoms with E-state index in [1.165, 1.54) is 5.56 Å². The van der Waals surface area contributed by atoms with Crippen LogP contribution in [0.4, 0.5) is 0 Å². The van der Waals surface area contributed by atoms with Gasteiger partial charge in [0.15, 0.2) is 0 Å². The van der Waals surface area contributed by atoms with Crippen LogP contribution in [0.25, 0.3) is 11.3 Å². The Balaban J connectivity index is 0.000000709. The second-order valence-corrected chi connectivity index (χ2v) is 8.18. The number of fused-ring (bicyclic) bond motifs is 3. The van der Waals surface area contributed by atoms with Crippen LogP contribution < -0.4 is 5.32 Å². The van der Waals surface area contributed by atoms with Crippen LogP contribution in [0.5, 0.6) is 0 Å². The van der Waals surface area contributed by atoms with Gasteiger partial charge in [0, 0.05) is 42.0 Å².